The minimum Gasteiger partial charge on any atom is -0.489 e. The molecule has 0 spiro atoms. The molecule has 3 unspecified atom stereocenters. The highest BCUT2D eigenvalue weighted by atomic mass is 32.1. The second kappa shape index (κ2) is 21.3. The van der Waals surface area contributed by atoms with Crippen LogP contribution in [-0.2, 0) is 47.5 Å². The van der Waals surface area contributed by atoms with Gasteiger partial charge in [0, 0.05) is 22.2 Å². The number of hydrogen-bond donors (Lipinski definition) is 0. The molecule has 0 bridgehead atoms. The number of ether oxygens (including phenoxy) is 9. The van der Waals surface area contributed by atoms with Crippen molar-refractivity contribution in [1.82, 2.24) is 0 Å². The van der Waals surface area contributed by atoms with Crippen molar-refractivity contribution < 1.29 is 56.6 Å². The first kappa shape index (κ1) is 38.7. The Hall–Kier alpha value is -3.76. The quantitative estimate of drug-likeness (QED) is 0.0429. The Morgan fingerprint density at radius 1 is 0.792 bits per heavy atom. The predicted octanol–water partition coefficient (Wildman–Crippen LogP) is 4.55. The maximum absolute atomic E-state index is 14.8. The van der Waals surface area contributed by atoms with Gasteiger partial charge in [-0.15, -0.1) is 11.3 Å². The van der Waals surface area contributed by atoms with E-state index in [9.17, 15) is 18.8 Å². The molecule has 0 N–H and O–H groups in total. The molecule has 3 aromatic rings. The SMILES string of the molecule is C=CC(=O)OCCOCCOC(C)OCC(COc1ccc(F)c2c(=O)c3ccccc3sc12)OC(C)OCCOCCOC(=O)C=C. The van der Waals surface area contributed by atoms with Crippen LogP contribution < -0.4 is 10.2 Å². The molecule has 0 aliphatic rings. The van der Waals surface area contributed by atoms with Crippen LogP contribution in [0.25, 0.3) is 20.2 Å². The molecule has 0 amide bonds. The first-order chi connectivity index (χ1) is 23.2. The summed E-state index contributed by atoms with van der Waals surface area (Å²) in [5.74, 6) is -1.35. The van der Waals surface area contributed by atoms with Gasteiger partial charge in [-0.05, 0) is 38.1 Å². The zero-order valence-electron chi connectivity index (χ0n) is 27.0. The molecule has 0 aliphatic carbocycles. The Morgan fingerprint density at radius 2 is 1.40 bits per heavy atom. The highest BCUT2D eigenvalue weighted by Gasteiger charge is 2.20. The van der Waals surface area contributed by atoms with Gasteiger partial charge in [-0.3, -0.25) is 4.79 Å². The molecular formula is C34H41FO12S. The van der Waals surface area contributed by atoms with E-state index in [4.69, 9.17) is 42.6 Å². The molecule has 262 valence electrons. The third-order valence-corrected chi connectivity index (χ3v) is 7.59. The van der Waals surface area contributed by atoms with Crippen LogP contribution in [0.3, 0.4) is 0 Å². The number of halogens is 1. The van der Waals surface area contributed by atoms with Crippen molar-refractivity contribution in [2.45, 2.75) is 32.5 Å². The van der Waals surface area contributed by atoms with E-state index in [-0.39, 0.29) is 71.5 Å². The predicted molar refractivity (Wildman–Crippen MR) is 177 cm³/mol. The topological polar surface area (TPSA) is 134 Å². The number of rotatable bonds is 24. The molecule has 3 rings (SSSR count). The normalized spacial score (nSPS) is 13.1. The van der Waals surface area contributed by atoms with Gasteiger partial charge < -0.3 is 42.6 Å². The Morgan fingerprint density at radius 3 is 2.04 bits per heavy atom. The number of carbonyl (C=O) groups is 2. The fourth-order valence-corrected chi connectivity index (χ4v) is 5.29. The van der Waals surface area contributed by atoms with E-state index in [1.165, 1.54) is 23.5 Å². The summed E-state index contributed by atoms with van der Waals surface area (Å²) in [6, 6.07) is 9.70. The number of fused-ring (bicyclic) bond motifs is 2. The summed E-state index contributed by atoms with van der Waals surface area (Å²) in [7, 11) is 0. The third-order valence-electron chi connectivity index (χ3n) is 6.40. The minimum atomic E-state index is -0.700. The molecule has 3 atom stereocenters. The summed E-state index contributed by atoms with van der Waals surface area (Å²) in [5, 5.41) is 0.396. The molecule has 1 heterocycles. The molecule has 2 aromatic carbocycles. The standard InChI is InChI=1S/C34H41FO12S/c1-5-30(36)43-19-15-39-13-17-41-23(3)45-21-25(47-24(4)42-18-14-40-16-20-44-31(37)6-2)22-46-28-12-11-27(35)32-33(38)26-9-7-8-10-29(26)48-34(28)32/h5-12,23-25H,1-2,13-22H2,3-4H3. The summed E-state index contributed by atoms with van der Waals surface area (Å²) >= 11 is 1.26. The molecule has 14 heteroatoms. The van der Waals surface area contributed by atoms with Gasteiger partial charge in [-0.25, -0.2) is 14.0 Å². The van der Waals surface area contributed by atoms with Crippen LogP contribution in [0.2, 0.25) is 0 Å². The van der Waals surface area contributed by atoms with Crippen molar-refractivity contribution in [3.05, 3.63) is 77.7 Å². The van der Waals surface area contributed by atoms with Gasteiger partial charge in [0.05, 0.1) is 56.3 Å². The van der Waals surface area contributed by atoms with Crippen molar-refractivity contribution in [2.24, 2.45) is 0 Å². The summed E-state index contributed by atoms with van der Waals surface area (Å²) < 4.78 is 65.7. The fourth-order valence-electron chi connectivity index (χ4n) is 4.13. The Balaban J connectivity index is 1.57. The molecule has 0 aliphatic heterocycles. The lowest BCUT2D eigenvalue weighted by Gasteiger charge is -2.24. The summed E-state index contributed by atoms with van der Waals surface area (Å²) in [4.78, 5) is 35.3. The van der Waals surface area contributed by atoms with E-state index in [0.717, 1.165) is 12.2 Å². The van der Waals surface area contributed by atoms with E-state index in [0.29, 0.717) is 20.5 Å². The van der Waals surface area contributed by atoms with Crippen LogP contribution in [0.5, 0.6) is 5.75 Å². The largest absolute Gasteiger partial charge is 0.489 e. The first-order valence-electron chi connectivity index (χ1n) is 15.2. The second-order valence-electron chi connectivity index (χ2n) is 9.92. The molecular weight excluding hydrogens is 651 g/mol. The van der Waals surface area contributed by atoms with Crippen LogP contribution in [0.15, 0.2) is 66.5 Å². The lowest BCUT2D eigenvalue weighted by Crippen LogP contribution is -2.34. The Bertz CT molecular complexity index is 1540. The van der Waals surface area contributed by atoms with E-state index in [1.54, 1.807) is 32.0 Å². The second-order valence-corrected chi connectivity index (χ2v) is 11.0. The van der Waals surface area contributed by atoms with Crippen LogP contribution >= 0.6 is 11.3 Å². The van der Waals surface area contributed by atoms with Gasteiger partial charge in [0.2, 0.25) is 0 Å². The van der Waals surface area contributed by atoms with E-state index in [1.807, 2.05) is 6.07 Å². The van der Waals surface area contributed by atoms with Crippen molar-refractivity contribution in [3.8, 4) is 5.75 Å². The molecule has 12 nitrogen and oxygen atoms in total. The van der Waals surface area contributed by atoms with E-state index >= 15 is 0 Å². The van der Waals surface area contributed by atoms with Crippen LogP contribution in [0, 0.1) is 5.82 Å². The zero-order chi connectivity index (χ0) is 34.7. The number of carbonyl (C=O) groups excluding carboxylic acids is 2. The van der Waals surface area contributed by atoms with Gasteiger partial charge in [0.25, 0.3) is 0 Å². The van der Waals surface area contributed by atoms with Gasteiger partial charge in [-0.1, -0.05) is 25.3 Å². The fraction of sp³-hybridized carbons (Fsp3) is 0.441. The van der Waals surface area contributed by atoms with Gasteiger partial charge in [-0.2, -0.15) is 0 Å². The van der Waals surface area contributed by atoms with Crippen LogP contribution in [0.4, 0.5) is 4.39 Å². The van der Waals surface area contributed by atoms with Gasteiger partial charge in [0.1, 0.15) is 37.5 Å². The lowest BCUT2D eigenvalue weighted by atomic mass is 10.1. The molecule has 0 radical (unpaired) electrons. The summed E-state index contributed by atoms with van der Waals surface area (Å²) in [5.41, 5.74) is -0.408. The average molecular weight is 693 g/mol. The van der Waals surface area contributed by atoms with Crippen molar-refractivity contribution >= 4 is 43.4 Å². The van der Waals surface area contributed by atoms with E-state index in [2.05, 4.69) is 13.2 Å². The monoisotopic (exact) mass is 692 g/mol. The third kappa shape index (κ3) is 13.0. The number of esters is 2. The van der Waals surface area contributed by atoms with Crippen LogP contribution in [-0.4, -0.2) is 96.7 Å². The highest BCUT2D eigenvalue weighted by Crippen LogP contribution is 2.33. The molecule has 48 heavy (non-hydrogen) atoms. The Kier molecular flexibility index (Phi) is 17.1. The number of hydrogen-bond acceptors (Lipinski definition) is 13. The molecule has 0 saturated carbocycles. The molecule has 1 aromatic heterocycles. The first-order valence-corrected chi connectivity index (χ1v) is 16.1. The summed E-state index contributed by atoms with van der Waals surface area (Å²) in [6.45, 7) is 11.6. The smallest absolute Gasteiger partial charge is 0.330 e. The summed E-state index contributed by atoms with van der Waals surface area (Å²) in [6.07, 6.45) is 0.144. The van der Waals surface area contributed by atoms with Gasteiger partial charge >= 0.3 is 11.9 Å². The average Bonchev–Trinajstić information content (AvgIpc) is 3.08. The van der Waals surface area contributed by atoms with Crippen molar-refractivity contribution in [1.29, 1.82) is 0 Å². The lowest BCUT2D eigenvalue weighted by molar-refractivity contribution is -0.208. The van der Waals surface area contributed by atoms with Crippen molar-refractivity contribution in [3.63, 3.8) is 0 Å². The molecule has 0 saturated heterocycles. The minimum absolute atomic E-state index is 0.0212. The van der Waals surface area contributed by atoms with Crippen LogP contribution in [0.1, 0.15) is 13.8 Å². The van der Waals surface area contributed by atoms with Gasteiger partial charge in [0.15, 0.2) is 18.0 Å². The highest BCUT2D eigenvalue weighted by molar-refractivity contribution is 7.24. The van der Waals surface area contributed by atoms with Crippen molar-refractivity contribution in [2.75, 3.05) is 66.1 Å². The maximum Gasteiger partial charge on any atom is 0.330 e. The maximum atomic E-state index is 14.8. The number of benzene rings is 2. The Labute approximate surface area is 281 Å². The molecule has 0 fully saturated rings. The zero-order valence-corrected chi connectivity index (χ0v) is 27.8. The van der Waals surface area contributed by atoms with E-state index < -0.39 is 41.9 Å².